The summed E-state index contributed by atoms with van der Waals surface area (Å²) in [5, 5.41) is 3.99. The summed E-state index contributed by atoms with van der Waals surface area (Å²) in [6, 6.07) is 12.8. The first-order valence-corrected chi connectivity index (χ1v) is 9.15. The van der Waals surface area contributed by atoms with Crippen molar-refractivity contribution >= 4 is 28.5 Å². The van der Waals surface area contributed by atoms with Gasteiger partial charge in [0.05, 0.1) is 20.8 Å². The van der Waals surface area contributed by atoms with E-state index in [9.17, 15) is 4.79 Å². The van der Waals surface area contributed by atoms with Crippen molar-refractivity contribution in [1.29, 1.82) is 0 Å². The van der Waals surface area contributed by atoms with Crippen molar-refractivity contribution in [2.45, 2.75) is 6.54 Å². The molecular formula is C19H18IN3O4. The van der Waals surface area contributed by atoms with Crippen LogP contribution in [0.3, 0.4) is 0 Å². The van der Waals surface area contributed by atoms with Crippen molar-refractivity contribution in [2.75, 3.05) is 21.3 Å². The lowest BCUT2D eigenvalue weighted by Gasteiger charge is -2.14. The largest absolute Gasteiger partial charge is 0.493 e. The molecule has 0 saturated carbocycles. The highest BCUT2D eigenvalue weighted by molar-refractivity contribution is 14.1. The Morgan fingerprint density at radius 1 is 1.15 bits per heavy atom. The molecule has 0 spiro atoms. The summed E-state index contributed by atoms with van der Waals surface area (Å²) in [5.74, 6) is 1.85. The standard InChI is InChI=1S/C19H18IN3O4/c1-23(19(24)13-5-4-6-14(20)9-13)11-17-21-18(22-27-17)12-7-8-15(25-2)16(10-12)26-3/h4-10H,11H2,1-3H3. The lowest BCUT2D eigenvalue weighted by Crippen LogP contribution is -2.26. The van der Waals surface area contributed by atoms with Crippen LogP contribution in [-0.4, -0.2) is 42.2 Å². The number of nitrogens with zero attached hydrogens (tertiary/aromatic N) is 3. The van der Waals surface area contributed by atoms with Gasteiger partial charge in [-0.2, -0.15) is 4.98 Å². The van der Waals surface area contributed by atoms with Crippen LogP contribution in [0.1, 0.15) is 16.2 Å². The van der Waals surface area contributed by atoms with E-state index in [0.717, 1.165) is 9.13 Å². The Labute approximate surface area is 170 Å². The van der Waals surface area contributed by atoms with Crippen molar-refractivity contribution in [3.63, 3.8) is 0 Å². The third-order valence-electron chi connectivity index (χ3n) is 3.90. The van der Waals surface area contributed by atoms with Crippen LogP contribution in [0, 0.1) is 3.57 Å². The Bertz CT molecular complexity index is 958. The number of hydrogen-bond donors (Lipinski definition) is 0. The minimum Gasteiger partial charge on any atom is -0.493 e. The molecule has 27 heavy (non-hydrogen) atoms. The second-order valence-electron chi connectivity index (χ2n) is 5.75. The van der Waals surface area contributed by atoms with Gasteiger partial charge in [-0.1, -0.05) is 11.2 Å². The highest BCUT2D eigenvalue weighted by Crippen LogP contribution is 2.31. The fourth-order valence-corrected chi connectivity index (χ4v) is 3.07. The van der Waals surface area contributed by atoms with Crippen molar-refractivity contribution in [3.8, 4) is 22.9 Å². The highest BCUT2D eigenvalue weighted by Gasteiger charge is 2.17. The molecule has 140 valence electrons. The van der Waals surface area contributed by atoms with Gasteiger partial charge in [-0.05, 0) is 59.0 Å². The predicted molar refractivity (Wildman–Crippen MR) is 108 cm³/mol. The third kappa shape index (κ3) is 4.38. The maximum atomic E-state index is 12.5. The van der Waals surface area contributed by atoms with Crippen molar-refractivity contribution in [2.24, 2.45) is 0 Å². The SMILES string of the molecule is COc1ccc(-c2noc(CN(C)C(=O)c3cccc(I)c3)n2)cc1OC. The highest BCUT2D eigenvalue weighted by atomic mass is 127. The van der Waals surface area contributed by atoms with Crippen LogP contribution in [0.2, 0.25) is 0 Å². The van der Waals surface area contributed by atoms with Gasteiger partial charge < -0.3 is 18.9 Å². The normalized spacial score (nSPS) is 10.5. The number of carbonyl (C=O) groups excluding carboxylic acids is 1. The summed E-state index contributed by atoms with van der Waals surface area (Å²) in [6.07, 6.45) is 0. The first-order valence-electron chi connectivity index (χ1n) is 8.08. The molecule has 3 aromatic rings. The molecule has 1 heterocycles. The first kappa shape index (κ1) is 19.2. The molecule has 0 saturated heterocycles. The average molecular weight is 479 g/mol. The van der Waals surface area contributed by atoms with Crippen molar-refractivity contribution < 1.29 is 18.8 Å². The van der Waals surface area contributed by atoms with Gasteiger partial charge in [0.1, 0.15) is 0 Å². The zero-order valence-corrected chi connectivity index (χ0v) is 17.3. The predicted octanol–water partition coefficient (Wildman–Crippen LogP) is 3.63. The maximum absolute atomic E-state index is 12.5. The van der Waals surface area contributed by atoms with Crippen LogP contribution in [0.4, 0.5) is 0 Å². The Kier molecular flexibility index (Phi) is 5.94. The van der Waals surface area contributed by atoms with E-state index in [1.807, 2.05) is 24.3 Å². The second kappa shape index (κ2) is 8.38. The lowest BCUT2D eigenvalue weighted by molar-refractivity contribution is 0.0769. The monoisotopic (exact) mass is 479 g/mol. The van der Waals surface area contributed by atoms with Crippen LogP contribution in [0.5, 0.6) is 11.5 Å². The minimum atomic E-state index is -0.112. The molecule has 2 aromatic carbocycles. The van der Waals surface area contributed by atoms with E-state index in [0.29, 0.717) is 28.8 Å². The van der Waals surface area contributed by atoms with E-state index >= 15 is 0 Å². The molecule has 0 radical (unpaired) electrons. The molecule has 0 bridgehead atoms. The van der Waals surface area contributed by atoms with E-state index in [-0.39, 0.29) is 12.5 Å². The summed E-state index contributed by atoms with van der Waals surface area (Å²) < 4.78 is 16.8. The quantitative estimate of drug-likeness (QED) is 0.503. The Morgan fingerprint density at radius 3 is 2.63 bits per heavy atom. The zero-order valence-electron chi connectivity index (χ0n) is 15.1. The summed E-state index contributed by atoms with van der Waals surface area (Å²) >= 11 is 2.18. The van der Waals surface area contributed by atoms with E-state index < -0.39 is 0 Å². The third-order valence-corrected chi connectivity index (χ3v) is 4.57. The van der Waals surface area contributed by atoms with Crippen LogP contribution in [0.25, 0.3) is 11.4 Å². The molecule has 1 aromatic heterocycles. The van der Waals surface area contributed by atoms with Crippen LogP contribution in [-0.2, 0) is 6.54 Å². The smallest absolute Gasteiger partial charge is 0.254 e. The molecule has 0 aliphatic rings. The van der Waals surface area contributed by atoms with Crippen LogP contribution < -0.4 is 9.47 Å². The summed E-state index contributed by atoms with van der Waals surface area (Å²) in [6.45, 7) is 0.213. The number of amides is 1. The summed E-state index contributed by atoms with van der Waals surface area (Å²) in [7, 11) is 4.84. The Morgan fingerprint density at radius 2 is 1.93 bits per heavy atom. The van der Waals surface area contributed by atoms with Gasteiger partial charge in [-0.3, -0.25) is 4.79 Å². The van der Waals surface area contributed by atoms with Gasteiger partial charge in [-0.25, -0.2) is 0 Å². The molecule has 0 N–H and O–H groups in total. The van der Waals surface area contributed by atoms with Gasteiger partial charge in [-0.15, -0.1) is 0 Å². The number of methoxy groups -OCH3 is 2. The van der Waals surface area contributed by atoms with E-state index in [2.05, 4.69) is 32.7 Å². The average Bonchev–Trinajstić information content (AvgIpc) is 3.15. The number of carbonyl (C=O) groups is 1. The van der Waals surface area contributed by atoms with Gasteiger partial charge in [0.15, 0.2) is 11.5 Å². The van der Waals surface area contributed by atoms with Crippen molar-refractivity contribution in [3.05, 3.63) is 57.5 Å². The number of ether oxygens (including phenoxy) is 2. The van der Waals surface area contributed by atoms with E-state index in [1.54, 1.807) is 39.5 Å². The topological polar surface area (TPSA) is 77.7 Å². The Balaban J connectivity index is 1.75. The molecule has 0 aliphatic heterocycles. The fraction of sp³-hybridized carbons (Fsp3) is 0.211. The van der Waals surface area contributed by atoms with Crippen LogP contribution in [0.15, 0.2) is 47.0 Å². The van der Waals surface area contributed by atoms with Crippen LogP contribution >= 0.6 is 22.6 Å². The van der Waals surface area contributed by atoms with E-state index in [1.165, 1.54) is 4.90 Å². The number of hydrogen-bond acceptors (Lipinski definition) is 6. The molecule has 3 rings (SSSR count). The zero-order chi connectivity index (χ0) is 19.4. The van der Waals surface area contributed by atoms with Gasteiger partial charge >= 0.3 is 0 Å². The molecule has 0 unspecified atom stereocenters. The van der Waals surface area contributed by atoms with Crippen molar-refractivity contribution in [1.82, 2.24) is 15.0 Å². The second-order valence-corrected chi connectivity index (χ2v) is 7.00. The lowest BCUT2D eigenvalue weighted by atomic mass is 10.2. The number of rotatable bonds is 6. The maximum Gasteiger partial charge on any atom is 0.254 e. The number of benzene rings is 2. The summed E-state index contributed by atoms with van der Waals surface area (Å²) in [5.41, 5.74) is 1.35. The molecular weight excluding hydrogens is 461 g/mol. The minimum absolute atomic E-state index is 0.112. The molecule has 8 heteroatoms. The van der Waals surface area contributed by atoms with Gasteiger partial charge in [0, 0.05) is 21.7 Å². The molecule has 0 fully saturated rings. The molecule has 0 aliphatic carbocycles. The number of aromatic nitrogens is 2. The van der Waals surface area contributed by atoms with Gasteiger partial charge in [0.25, 0.3) is 5.91 Å². The first-order chi connectivity index (χ1) is 13.0. The van der Waals surface area contributed by atoms with E-state index in [4.69, 9.17) is 14.0 Å². The molecule has 7 nitrogen and oxygen atoms in total. The molecule has 1 amide bonds. The fourth-order valence-electron chi connectivity index (χ4n) is 2.53. The van der Waals surface area contributed by atoms with Gasteiger partial charge in [0.2, 0.25) is 11.7 Å². The summed E-state index contributed by atoms with van der Waals surface area (Å²) in [4.78, 5) is 18.4. The Hall–Kier alpha value is -2.62. The number of halogens is 1. The molecule has 0 atom stereocenters.